The van der Waals surface area contributed by atoms with E-state index in [4.69, 9.17) is 0 Å². The number of rotatable bonds is 6. The first-order chi connectivity index (χ1) is 13.2. The maximum absolute atomic E-state index is 12.7. The van der Waals surface area contributed by atoms with Gasteiger partial charge in [0.05, 0.1) is 0 Å². The molecule has 1 aliphatic carbocycles. The second-order valence-corrected chi connectivity index (χ2v) is 9.71. The lowest BCUT2D eigenvalue weighted by Gasteiger charge is -2.31. The molecule has 1 heterocycles. The van der Waals surface area contributed by atoms with E-state index in [2.05, 4.69) is 22.5 Å². The summed E-state index contributed by atoms with van der Waals surface area (Å²) in [7, 11) is -5.22. The third kappa shape index (κ3) is 7.71. The van der Waals surface area contributed by atoms with Crippen LogP contribution in [0.25, 0.3) is 0 Å². The van der Waals surface area contributed by atoms with E-state index >= 15 is 0 Å². The van der Waals surface area contributed by atoms with Gasteiger partial charge in [-0.25, -0.2) is 8.42 Å². The lowest BCUT2D eigenvalue weighted by atomic mass is 9.84. The highest BCUT2D eigenvalue weighted by atomic mass is 127. The van der Waals surface area contributed by atoms with Gasteiger partial charge in [-0.2, -0.15) is 17.5 Å². The number of alkyl halides is 3. The Morgan fingerprint density at radius 3 is 2.10 bits per heavy atom. The summed E-state index contributed by atoms with van der Waals surface area (Å²) in [6.45, 7) is 5.23. The van der Waals surface area contributed by atoms with Gasteiger partial charge in [0.1, 0.15) is 0 Å². The molecule has 0 atom stereocenters. The van der Waals surface area contributed by atoms with Gasteiger partial charge in [0.25, 0.3) is 0 Å². The highest BCUT2D eigenvalue weighted by molar-refractivity contribution is 14.0. The number of aliphatic imine (C=N–C) groups is 1. The van der Waals surface area contributed by atoms with E-state index in [0.29, 0.717) is 29.7 Å². The number of guanidine groups is 1. The lowest BCUT2D eigenvalue weighted by molar-refractivity contribution is -0.0496. The number of nitrogens with zero attached hydrogens (tertiary/aromatic N) is 2. The van der Waals surface area contributed by atoms with Gasteiger partial charge >= 0.3 is 15.5 Å². The van der Waals surface area contributed by atoms with Gasteiger partial charge in [-0.15, -0.1) is 24.0 Å². The van der Waals surface area contributed by atoms with E-state index in [1.807, 2.05) is 6.92 Å². The van der Waals surface area contributed by atoms with Crippen LogP contribution in [0.1, 0.15) is 58.8 Å². The van der Waals surface area contributed by atoms with Crippen LogP contribution < -0.4 is 10.6 Å². The van der Waals surface area contributed by atoms with Gasteiger partial charge < -0.3 is 10.6 Å². The van der Waals surface area contributed by atoms with Crippen molar-refractivity contribution in [2.24, 2.45) is 16.8 Å². The zero-order valence-electron chi connectivity index (χ0n) is 17.2. The number of sulfonamides is 1. The minimum atomic E-state index is -5.23. The van der Waals surface area contributed by atoms with Crippen molar-refractivity contribution >= 4 is 40.0 Å². The summed E-state index contributed by atoms with van der Waals surface area (Å²) in [4.78, 5) is 4.61. The van der Waals surface area contributed by atoms with Crippen LogP contribution in [0, 0.1) is 11.8 Å². The second kappa shape index (κ2) is 11.9. The number of hydrogen-bond donors (Lipinski definition) is 2. The van der Waals surface area contributed by atoms with Crippen molar-refractivity contribution in [3.8, 4) is 0 Å². The van der Waals surface area contributed by atoms with Gasteiger partial charge in [0.2, 0.25) is 0 Å². The Kier molecular flexibility index (Phi) is 11.0. The third-order valence-corrected chi connectivity index (χ3v) is 7.45. The van der Waals surface area contributed by atoms with Crippen LogP contribution in [0.2, 0.25) is 0 Å². The predicted molar refractivity (Wildman–Crippen MR) is 120 cm³/mol. The zero-order chi connectivity index (χ0) is 20.8. The Morgan fingerprint density at radius 1 is 1.03 bits per heavy atom. The van der Waals surface area contributed by atoms with Gasteiger partial charge in [-0.1, -0.05) is 13.3 Å². The molecule has 2 N–H and O–H groups in total. The van der Waals surface area contributed by atoms with Crippen molar-refractivity contribution in [2.45, 2.75) is 70.3 Å². The monoisotopic (exact) mass is 554 g/mol. The molecular weight excluding hydrogens is 520 g/mol. The Hall–Kier alpha value is -0.300. The Bertz CT molecular complexity index is 615. The molecule has 1 saturated carbocycles. The van der Waals surface area contributed by atoms with Crippen LogP contribution in [-0.2, 0) is 10.0 Å². The molecule has 0 aromatic rings. The molecule has 0 bridgehead atoms. The molecule has 0 amide bonds. The summed E-state index contributed by atoms with van der Waals surface area (Å²) in [6, 6.07) is 0.402. The fourth-order valence-electron chi connectivity index (χ4n) is 3.93. The summed E-state index contributed by atoms with van der Waals surface area (Å²) < 4.78 is 61.5. The van der Waals surface area contributed by atoms with E-state index in [1.165, 1.54) is 19.3 Å². The minimum absolute atomic E-state index is 0. The molecule has 6 nitrogen and oxygen atoms in total. The summed E-state index contributed by atoms with van der Waals surface area (Å²) in [6.07, 6.45) is 6.69. The quantitative estimate of drug-likeness (QED) is 0.299. The van der Waals surface area contributed by atoms with Crippen molar-refractivity contribution in [1.29, 1.82) is 0 Å². The topological polar surface area (TPSA) is 73.8 Å². The van der Waals surface area contributed by atoms with Crippen molar-refractivity contribution in [3.05, 3.63) is 0 Å². The fourth-order valence-corrected chi connectivity index (χ4v) is 4.91. The summed E-state index contributed by atoms with van der Waals surface area (Å²) in [5, 5.41) is 6.71. The van der Waals surface area contributed by atoms with Crippen LogP contribution in [0.3, 0.4) is 0 Å². The molecule has 0 aromatic carbocycles. The molecule has 172 valence electrons. The molecule has 2 fully saturated rings. The lowest BCUT2D eigenvalue weighted by Crippen LogP contribution is -2.46. The van der Waals surface area contributed by atoms with E-state index in [1.54, 1.807) is 0 Å². The van der Waals surface area contributed by atoms with Crippen LogP contribution in [0.4, 0.5) is 13.2 Å². The van der Waals surface area contributed by atoms with Gasteiger partial charge in [0, 0.05) is 32.2 Å². The first-order valence-electron chi connectivity index (χ1n) is 10.3. The van der Waals surface area contributed by atoms with Crippen LogP contribution in [0.5, 0.6) is 0 Å². The molecule has 0 unspecified atom stereocenters. The second-order valence-electron chi connectivity index (χ2n) is 7.78. The van der Waals surface area contributed by atoms with Crippen molar-refractivity contribution in [3.63, 3.8) is 0 Å². The molecule has 2 rings (SSSR count). The van der Waals surface area contributed by atoms with Gasteiger partial charge in [-0.05, 0) is 57.3 Å². The maximum atomic E-state index is 12.7. The first kappa shape index (κ1) is 26.7. The van der Waals surface area contributed by atoms with E-state index in [9.17, 15) is 21.6 Å². The minimum Gasteiger partial charge on any atom is -0.357 e. The van der Waals surface area contributed by atoms with Gasteiger partial charge in [-0.3, -0.25) is 4.99 Å². The average molecular weight is 554 g/mol. The van der Waals surface area contributed by atoms with Crippen molar-refractivity contribution in [2.75, 3.05) is 26.2 Å². The van der Waals surface area contributed by atoms with Crippen LogP contribution >= 0.6 is 24.0 Å². The predicted octanol–water partition coefficient (Wildman–Crippen LogP) is 3.69. The Balaban J connectivity index is 0.00000420. The summed E-state index contributed by atoms with van der Waals surface area (Å²) in [5.41, 5.74) is -5.23. The van der Waals surface area contributed by atoms with Crippen LogP contribution in [0.15, 0.2) is 4.99 Å². The highest BCUT2D eigenvalue weighted by Gasteiger charge is 2.50. The smallest absolute Gasteiger partial charge is 0.357 e. The molecule has 2 aliphatic rings. The van der Waals surface area contributed by atoms with E-state index in [-0.39, 0.29) is 43.0 Å². The largest absolute Gasteiger partial charge is 0.511 e. The maximum Gasteiger partial charge on any atom is 0.511 e. The summed E-state index contributed by atoms with van der Waals surface area (Å²) in [5.74, 6) is 1.65. The molecule has 29 heavy (non-hydrogen) atoms. The van der Waals surface area contributed by atoms with E-state index < -0.39 is 15.5 Å². The third-order valence-electron chi connectivity index (χ3n) is 5.82. The molecular formula is C18H34F3IN4O2S. The number of hydrogen-bond acceptors (Lipinski definition) is 3. The van der Waals surface area contributed by atoms with Crippen LogP contribution in [-0.4, -0.2) is 56.4 Å². The normalized spacial score (nSPS) is 25.3. The highest BCUT2D eigenvalue weighted by Crippen LogP contribution is 2.30. The average Bonchev–Trinajstić information content (AvgIpc) is 2.66. The number of nitrogens with one attached hydrogen (secondary N) is 2. The number of piperidine rings is 1. The molecule has 0 radical (unpaired) electrons. The first-order valence-corrected chi connectivity index (χ1v) is 11.7. The van der Waals surface area contributed by atoms with Gasteiger partial charge in [0.15, 0.2) is 5.96 Å². The summed E-state index contributed by atoms with van der Waals surface area (Å²) >= 11 is 0. The molecule has 1 saturated heterocycles. The van der Waals surface area contributed by atoms with Crippen molar-refractivity contribution in [1.82, 2.24) is 14.9 Å². The molecule has 0 aromatic heterocycles. The molecule has 11 heteroatoms. The molecule has 0 spiro atoms. The van der Waals surface area contributed by atoms with Crippen molar-refractivity contribution < 1.29 is 21.6 Å². The Morgan fingerprint density at radius 2 is 1.62 bits per heavy atom. The SMILES string of the molecule is CCNC(=NCC1CCN(S(=O)(=O)C(F)(F)F)CC1)NC1CCC(CC)CC1.I. The Labute approximate surface area is 189 Å². The standard InChI is InChI=1S/C18H33F3N4O2S.HI/c1-3-14-5-7-16(8-6-14)24-17(22-4-2)23-13-15-9-11-25(12-10-15)28(26,27)18(19,20)21;/h14-16H,3-13H2,1-2H3,(H2,22,23,24);1H. The zero-order valence-corrected chi connectivity index (χ0v) is 20.3. The van der Waals surface area contributed by atoms with E-state index in [0.717, 1.165) is 31.3 Å². The molecule has 1 aliphatic heterocycles. The fraction of sp³-hybridized carbons (Fsp3) is 0.944. The number of halogens is 4.